The summed E-state index contributed by atoms with van der Waals surface area (Å²) < 4.78 is 12.5. The highest BCUT2D eigenvalue weighted by atomic mass is 16.5. The Hall–Kier alpha value is -3.01. The van der Waals surface area contributed by atoms with Gasteiger partial charge in [0.25, 0.3) is 0 Å². The first-order valence-corrected chi connectivity index (χ1v) is 18.3. The highest BCUT2D eigenvalue weighted by Crippen LogP contribution is 2.60. The van der Waals surface area contributed by atoms with Crippen LogP contribution in [0.5, 0.6) is 0 Å². The molecule has 0 radical (unpaired) electrons. The molecule has 0 bridgehead atoms. The predicted octanol–water partition coefficient (Wildman–Crippen LogP) is 6.43. The van der Waals surface area contributed by atoms with Crippen LogP contribution >= 0.6 is 0 Å². The number of aliphatic carboxylic acids is 1. The number of likely N-dealkylation sites (N-methyl/N-ethyl adjacent to an activating group) is 1. The molecule has 1 spiro atoms. The number of aromatic nitrogens is 1. The Kier molecular flexibility index (Phi) is 8.86. The lowest BCUT2D eigenvalue weighted by atomic mass is 9.87. The number of unbranched alkanes of at least 4 members (excludes halogenated alkanes) is 1. The molecule has 1 aromatic carbocycles. The Morgan fingerprint density at radius 2 is 1.98 bits per heavy atom. The van der Waals surface area contributed by atoms with Gasteiger partial charge < -0.3 is 24.8 Å². The molecule has 2 N–H and O–H groups in total. The van der Waals surface area contributed by atoms with Gasteiger partial charge in [0.1, 0.15) is 11.9 Å². The van der Waals surface area contributed by atoms with Crippen LogP contribution in [0, 0.1) is 5.41 Å². The van der Waals surface area contributed by atoms with Crippen molar-refractivity contribution in [2.45, 2.75) is 134 Å². The van der Waals surface area contributed by atoms with E-state index >= 15 is 0 Å². The molecular weight excluding hydrogens is 604 g/mol. The number of carboxylic acid groups (broad SMARTS) is 1. The van der Waals surface area contributed by atoms with E-state index in [1.165, 1.54) is 12.0 Å². The third kappa shape index (κ3) is 6.15. The van der Waals surface area contributed by atoms with Crippen LogP contribution in [0.25, 0.3) is 0 Å². The fourth-order valence-corrected chi connectivity index (χ4v) is 9.20. The number of nitrogens with zero attached hydrogens (tertiary/aromatic N) is 3. The number of amides is 1. The van der Waals surface area contributed by atoms with Crippen LogP contribution in [0.2, 0.25) is 0 Å². The summed E-state index contributed by atoms with van der Waals surface area (Å²) in [5.74, 6) is 0.333. The van der Waals surface area contributed by atoms with Crippen LogP contribution in [0.4, 0.5) is 11.5 Å². The number of anilines is 2. The van der Waals surface area contributed by atoms with E-state index in [4.69, 9.17) is 14.5 Å². The van der Waals surface area contributed by atoms with Crippen LogP contribution < -0.4 is 10.2 Å². The second-order valence-corrected chi connectivity index (χ2v) is 16.4. The zero-order chi connectivity index (χ0) is 33.8. The lowest BCUT2D eigenvalue weighted by molar-refractivity contribution is -0.144. The van der Waals surface area contributed by atoms with E-state index in [0.29, 0.717) is 13.2 Å². The van der Waals surface area contributed by atoms with Gasteiger partial charge in [-0.05, 0) is 126 Å². The molecule has 1 amide bonds. The van der Waals surface area contributed by atoms with E-state index in [0.717, 1.165) is 99.1 Å². The molecule has 4 atom stereocenters. The lowest BCUT2D eigenvalue weighted by Gasteiger charge is -2.40. The zero-order valence-corrected chi connectivity index (χ0v) is 29.5. The van der Waals surface area contributed by atoms with E-state index in [1.54, 1.807) is 0 Å². The Morgan fingerprint density at radius 3 is 2.73 bits per heavy atom. The topological polar surface area (TPSA) is 104 Å². The molecule has 1 aromatic heterocycles. The first-order valence-electron chi connectivity index (χ1n) is 18.3. The molecule has 2 aromatic rings. The lowest BCUT2D eigenvalue weighted by Crippen LogP contribution is -2.48. The number of nitrogens with one attached hydrogen (secondary N) is 1. The third-order valence-corrected chi connectivity index (χ3v) is 12.0. The second-order valence-electron chi connectivity index (χ2n) is 16.4. The van der Waals surface area contributed by atoms with Gasteiger partial charge >= 0.3 is 5.97 Å². The summed E-state index contributed by atoms with van der Waals surface area (Å²) in [6.07, 6.45) is 9.99. The Morgan fingerprint density at radius 1 is 1.17 bits per heavy atom. The molecule has 3 fully saturated rings. The highest BCUT2D eigenvalue weighted by molar-refractivity contribution is 6.11. The van der Waals surface area contributed by atoms with Crippen molar-refractivity contribution in [2.24, 2.45) is 5.41 Å². The number of ether oxygens (including phenoxy) is 2. The van der Waals surface area contributed by atoms with Gasteiger partial charge in [-0.15, -0.1) is 0 Å². The predicted molar refractivity (Wildman–Crippen MR) is 187 cm³/mol. The molecule has 1 saturated heterocycles. The largest absolute Gasteiger partial charge is 0.480 e. The number of hydrogen-bond donors (Lipinski definition) is 2. The van der Waals surface area contributed by atoms with E-state index in [-0.39, 0.29) is 35.1 Å². The normalized spacial score (nSPS) is 27.1. The van der Waals surface area contributed by atoms with Crippen molar-refractivity contribution in [3.63, 3.8) is 0 Å². The second kappa shape index (κ2) is 12.7. The van der Waals surface area contributed by atoms with Crippen LogP contribution in [-0.4, -0.2) is 77.5 Å². The summed E-state index contributed by atoms with van der Waals surface area (Å²) in [5, 5.41) is 14.2. The number of rotatable bonds is 11. The summed E-state index contributed by atoms with van der Waals surface area (Å²) in [7, 11) is 1.96. The van der Waals surface area contributed by atoms with E-state index in [2.05, 4.69) is 50.0 Å². The maximum Gasteiger partial charge on any atom is 0.325 e. The molecule has 3 aliphatic heterocycles. The van der Waals surface area contributed by atoms with Crippen molar-refractivity contribution >= 4 is 23.4 Å². The molecule has 0 unspecified atom stereocenters. The molecular formula is C39H54N4O5. The Balaban J connectivity index is 1.03. The maximum absolute atomic E-state index is 14.1. The van der Waals surface area contributed by atoms with Gasteiger partial charge in [-0.2, -0.15) is 0 Å². The molecule has 9 heteroatoms. The molecule has 2 aliphatic carbocycles. The minimum atomic E-state index is -0.868. The highest BCUT2D eigenvalue weighted by Gasteiger charge is 2.62. The smallest absolute Gasteiger partial charge is 0.325 e. The van der Waals surface area contributed by atoms with Crippen molar-refractivity contribution in [2.75, 3.05) is 37.0 Å². The fourth-order valence-electron chi connectivity index (χ4n) is 9.20. The summed E-state index contributed by atoms with van der Waals surface area (Å²) in [6.45, 7) is 11.0. The fraction of sp³-hybridized carbons (Fsp3) is 0.667. The van der Waals surface area contributed by atoms with Crippen LogP contribution in [0.3, 0.4) is 0 Å². The summed E-state index contributed by atoms with van der Waals surface area (Å²) in [5.41, 5.74) is 4.12. The maximum atomic E-state index is 14.1. The van der Waals surface area contributed by atoms with Crippen molar-refractivity contribution in [1.82, 2.24) is 9.88 Å². The number of fused-ring (bicyclic) bond motifs is 3. The van der Waals surface area contributed by atoms with Gasteiger partial charge in [0.05, 0.1) is 17.1 Å². The molecule has 4 heterocycles. The minimum absolute atomic E-state index is 0.0498. The average Bonchev–Trinajstić information content (AvgIpc) is 3.72. The molecule has 7 rings (SSSR count). The monoisotopic (exact) mass is 658 g/mol. The van der Waals surface area contributed by atoms with Crippen LogP contribution in [0.1, 0.15) is 114 Å². The van der Waals surface area contributed by atoms with Crippen molar-refractivity contribution in [3.05, 3.63) is 52.7 Å². The summed E-state index contributed by atoms with van der Waals surface area (Å²) in [4.78, 5) is 36.2. The van der Waals surface area contributed by atoms with Gasteiger partial charge in [0.2, 0.25) is 5.91 Å². The molecule has 260 valence electrons. The SMILES string of the molecule is CN([C@H]1C[C@H](OCCCCc2ccc3c(n2)NCCC3)C(C)(C)C1)[C@H](C(=O)O)c1cccc2c1C1(CC1)C(=O)N2[C@@H]1CCOC(C)(C)C1. The van der Waals surface area contributed by atoms with E-state index in [9.17, 15) is 14.7 Å². The van der Waals surface area contributed by atoms with E-state index < -0.39 is 17.4 Å². The number of carbonyl (C=O) groups excluding carboxylic acids is 1. The van der Waals surface area contributed by atoms with Gasteiger partial charge in [0.15, 0.2) is 0 Å². The quantitative estimate of drug-likeness (QED) is 0.266. The van der Waals surface area contributed by atoms with Gasteiger partial charge in [0, 0.05) is 43.2 Å². The average molecular weight is 659 g/mol. The number of aryl methyl sites for hydroxylation is 2. The first kappa shape index (κ1) is 33.5. The Labute approximate surface area is 285 Å². The van der Waals surface area contributed by atoms with Crippen LogP contribution in [-0.2, 0) is 37.3 Å². The van der Waals surface area contributed by atoms with Crippen molar-refractivity contribution < 1.29 is 24.2 Å². The van der Waals surface area contributed by atoms with Crippen LogP contribution in [0.15, 0.2) is 30.3 Å². The zero-order valence-electron chi connectivity index (χ0n) is 29.5. The van der Waals surface area contributed by atoms with Crippen molar-refractivity contribution in [3.8, 4) is 0 Å². The molecule has 2 saturated carbocycles. The third-order valence-electron chi connectivity index (χ3n) is 12.0. The standard InChI is InChI=1S/C39H54N4O5/c1-37(2)23-28(22-31(37)47-20-7-6-11-26-15-14-25-10-9-19-40-34(25)41-26)42(5)33(35(44)45)29-12-8-13-30-32(29)39(17-18-39)36(46)43(30)27-16-21-48-38(3,4)24-27/h8,12-15,27-28,31,33H,6-7,9-11,16-24H2,1-5H3,(H,40,41)(H,44,45)/t27-,28+,31+,33+/m1/s1. The molecule has 9 nitrogen and oxygen atoms in total. The van der Waals surface area contributed by atoms with Gasteiger partial charge in [-0.25, -0.2) is 4.98 Å². The molecule has 5 aliphatic rings. The Bertz CT molecular complexity index is 1550. The van der Waals surface area contributed by atoms with E-state index in [1.807, 2.05) is 30.1 Å². The summed E-state index contributed by atoms with van der Waals surface area (Å²) >= 11 is 0. The summed E-state index contributed by atoms with van der Waals surface area (Å²) in [6, 6.07) is 9.59. The van der Waals surface area contributed by atoms with Crippen molar-refractivity contribution in [1.29, 1.82) is 0 Å². The number of pyridine rings is 1. The first-order chi connectivity index (χ1) is 22.9. The number of carbonyl (C=O) groups is 2. The van der Waals surface area contributed by atoms with Gasteiger partial charge in [-0.3, -0.25) is 14.5 Å². The number of carboxylic acids is 1. The van der Waals surface area contributed by atoms with Gasteiger partial charge in [-0.1, -0.05) is 32.0 Å². The number of benzene rings is 1. The molecule has 48 heavy (non-hydrogen) atoms. The number of hydrogen-bond acceptors (Lipinski definition) is 7. The minimum Gasteiger partial charge on any atom is -0.480 e.